The van der Waals surface area contributed by atoms with Crippen molar-refractivity contribution >= 4 is 0 Å². The standard InChI is InChI=1S/C31H36F6O3/c1-3-5-7-8-9-11-15-38-30-28(36)26(34)23(27(35)29(30)37)14-13-22-24(32)16-21(17-25(22)33)31-39-18-20(19-40-31)12-10-6-4-2/h16-17,20,31H,3-12,15,18-19H2,1-2H3. The molecule has 0 bridgehead atoms. The fourth-order valence-electron chi connectivity index (χ4n) is 4.46. The second-order valence-electron chi connectivity index (χ2n) is 10.0. The highest BCUT2D eigenvalue weighted by molar-refractivity contribution is 5.48. The van der Waals surface area contributed by atoms with E-state index >= 15 is 0 Å². The minimum absolute atomic E-state index is 0.0777. The van der Waals surface area contributed by atoms with Gasteiger partial charge in [0.05, 0.1) is 25.4 Å². The molecule has 9 heteroatoms. The van der Waals surface area contributed by atoms with Crippen LogP contribution in [0.5, 0.6) is 5.75 Å². The highest BCUT2D eigenvalue weighted by Crippen LogP contribution is 2.31. The molecular weight excluding hydrogens is 534 g/mol. The molecule has 1 aliphatic heterocycles. The average molecular weight is 571 g/mol. The zero-order chi connectivity index (χ0) is 29.1. The minimum Gasteiger partial charge on any atom is -0.487 e. The first-order valence-corrected chi connectivity index (χ1v) is 14.0. The number of rotatable bonds is 13. The number of hydrogen-bond donors (Lipinski definition) is 0. The zero-order valence-corrected chi connectivity index (χ0v) is 23.0. The predicted molar refractivity (Wildman–Crippen MR) is 140 cm³/mol. The lowest BCUT2D eigenvalue weighted by atomic mass is 10.0. The van der Waals surface area contributed by atoms with E-state index in [-0.39, 0.29) is 18.1 Å². The second kappa shape index (κ2) is 15.9. The summed E-state index contributed by atoms with van der Waals surface area (Å²) in [5.41, 5.74) is -2.04. The first kappa shape index (κ1) is 31.8. The molecule has 40 heavy (non-hydrogen) atoms. The molecule has 3 rings (SSSR count). The molecule has 1 aliphatic rings. The van der Waals surface area contributed by atoms with E-state index in [0.717, 1.165) is 69.9 Å². The van der Waals surface area contributed by atoms with Gasteiger partial charge in [-0.05, 0) is 25.0 Å². The summed E-state index contributed by atoms with van der Waals surface area (Å²) in [7, 11) is 0. The van der Waals surface area contributed by atoms with Gasteiger partial charge in [0.15, 0.2) is 23.7 Å². The van der Waals surface area contributed by atoms with E-state index in [0.29, 0.717) is 19.6 Å². The number of unbranched alkanes of at least 4 members (excludes halogenated alkanes) is 7. The van der Waals surface area contributed by atoms with Crippen molar-refractivity contribution in [2.45, 2.75) is 84.3 Å². The van der Waals surface area contributed by atoms with E-state index in [9.17, 15) is 26.3 Å². The molecule has 1 heterocycles. The van der Waals surface area contributed by atoms with E-state index in [1.54, 1.807) is 0 Å². The Morgan fingerprint density at radius 1 is 0.700 bits per heavy atom. The highest BCUT2D eigenvalue weighted by Gasteiger charge is 2.27. The normalized spacial score (nSPS) is 17.0. The summed E-state index contributed by atoms with van der Waals surface area (Å²) in [6.07, 6.45) is 8.45. The molecule has 0 unspecified atom stereocenters. The summed E-state index contributed by atoms with van der Waals surface area (Å²) >= 11 is 0. The monoisotopic (exact) mass is 570 g/mol. The molecule has 2 aromatic rings. The molecule has 0 amide bonds. The fraction of sp³-hybridized carbons (Fsp3) is 0.548. The van der Waals surface area contributed by atoms with Crippen LogP contribution in [0, 0.1) is 52.7 Å². The van der Waals surface area contributed by atoms with Gasteiger partial charge >= 0.3 is 0 Å². The van der Waals surface area contributed by atoms with Crippen LogP contribution in [0.3, 0.4) is 0 Å². The van der Waals surface area contributed by atoms with Crippen LogP contribution >= 0.6 is 0 Å². The average Bonchev–Trinajstić information content (AvgIpc) is 2.94. The quantitative estimate of drug-likeness (QED) is 0.104. The Morgan fingerprint density at radius 3 is 1.82 bits per heavy atom. The van der Waals surface area contributed by atoms with Crippen molar-refractivity contribution in [3.05, 3.63) is 63.7 Å². The van der Waals surface area contributed by atoms with E-state index in [2.05, 4.69) is 13.8 Å². The lowest BCUT2D eigenvalue weighted by molar-refractivity contribution is -0.206. The fourth-order valence-corrected chi connectivity index (χ4v) is 4.46. The molecular formula is C31H36F6O3. The maximum Gasteiger partial charge on any atom is 0.205 e. The summed E-state index contributed by atoms with van der Waals surface area (Å²) in [5, 5.41) is 0. The Bertz CT molecular complexity index is 1130. The molecule has 1 fully saturated rings. The van der Waals surface area contributed by atoms with Crippen molar-refractivity contribution in [1.82, 2.24) is 0 Å². The van der Waals surface area contributed by atoms with Gasteiger partial charge in [-0.1, -0.05) is 77.1 Å². The van der Waals surface area contributed by atoms with Crippen molar-refractivity contribution in [2.75, 3.05) is 19.8 Å². The van der Waals surface area contributed by atoms with Gasteiger partial charge in [-0.15, -0.1) is 0 Å². The zero-order valence-electron chi connectivity index (χ0n) is 23.0. The summed E-state index contributed by atoms with van der Waals surface area (Å²) in [4.78, 5) is 0. The van der Waals surface area contributed by atoms with Crippen LogP contribution in [0.4, 0.5) is 26.3 Å². The minimum atomic E-state index is -1.81. The first-order valence-electron chi connectivity index (χ1n) is 14.0. The van der Waals surface area contributed by atoms with Gasteiger partial charge in [0, 0.05) is 11.5 Å². The van der Waals surface area contributed by atoms with Gasteiger partial charge in [-0.2, -0.15) is 8.78 Å². The van der Waals surface area contributed by atoms with Crippen LogP contribution in [0.15, 0.2) is 12.1 Å². The van der Waals surface area contributed by atoms with Gasteiger partial charge in [0.25, 0.3) is 0 Å². The topological polar surface area (TPSA) is 27.7 Å². The SMILES string of the molecule is CCCCCCCCOc1c(F)c(F)c(C#Cc2c(F)cc(C3OCC(CCCCC)CO3)cc2F)c(F)c1F. The van der Waals surface area contributed by atoms with Crippen molar-refractivity contribution in [3.8, 4) is 17.6 Å². The molecule has 0 N–H and O–H groups in total. The molecule has 1 saturated heterocycles. The van der Waals surface area contributed by atoms with Crippen molar-refractivity contribution in [3.63, 3.8) is 0 Å². The van der Waals surface area contributed by atoms with Crippen LogP contribution in [-0.2, 0) is 9.47 Å². The van der Waals surface area contributed by atoms with Gasteiger partial charge < -0.3 is 14.2 Å². The molecule has 0 radical (unpaired) electrons. The number of halogens is 6. The Morgan fingerprint density at radius 2 is 1.23 bits per heavy atom. The van der Waals surface area contributed by atoms with Crippen molar-refractivity contribution < 1.29 is 40.6 Å². The number of hydrogen-bond acceptors (Lipinski definition) is 3. The maximum absolute atomic E-state index is 14.7. The van der Waals surface area contributed by atoms with Gasteiger partial charge in [0.2, 0.25) is 11.6 Å². The first-order chi connectivity index (χ1) is 19.3. The summed E-state index contributed by atoms with van der Waals surface area (Å²) < 4.78 is 104. The predicted octanol–water partition coefficient (Wildman–Crippen LogP) is 8.90. The third-order valence-electron chi connectivity index (χ3n) is 6.80. The maximum atomic E-state index is 14.7. The molecule has 2 aromatic carbocycles. The van der Waals surface area contributed by atoms with E-state index in [4.69, 9.17) is 14.2 Å². The van der Waals surface area contributed by atoms with Crippen LogP contribution in [0.1, 0.15) is 101 Å². The Hall–Kier alpha value is -2.70. The second-order valence-corrected chi connectivity index (χ2v) is 10.0. The molecule has 3 nitrogen and oxygen atoms in total. The van der Waals surface area contributed by atoms with E-state index in [1.807, 2.05) is 11.8 Å². The molecule has 0 saturated carbocycles. The van der Waals surface area contributed by atoms with Crippen LogP contribution < -0.4 is 4.74 Å². The highest BCUT2D eigenvalue weighted by atomic mass is 19.2. The van der Waals surface area contributed by atoms with Crippen LogP contribution in [0.25, 0.3) is 0 Å². The largest absolute Gasteiger partial charge is 0.487 e. The molecule has 0 aromatic heterocycles. The van der Waals surface area contributed by atoms with Crippen molar-refractivity contribution in [1.29, 1.82) is 0 Å². The molecule has 0 atom stereocenters. The van der Waals surface area contributed by atoms with E-state index < -0.39 is 58.1 Å². The summed E-state index contributed by atoms with van der Waals surface area (Å²) in [6, 6.07) is 1.89. The Labute approximate surface area is 232 Å². The Kier molecular flexibility index (Phi) is 12.7. The van der Waals surface area contributed by atoms with E-state index in [1.165, 1.54) is 0 Å². The summed E-state index contributed by atoms with van der Waals surface area (Å²) in [6.45, 7) is 4.82. The smallest absolute Gasteiger partial charge is 0.205 e. The van der Waals surface area contributed by atoms with Gasteiger partial charge in [-0.3, -0.25) is 0 Å². The number of benzene rings is 2. The third-order valence-corrected chi connectivity index (χ3v) is 6.80. The lowest BCUT2D eigenvalue weighted by Gasteiger charge is -2.29. The molecule has 0 spiro atoms. The van der Waals surface area contributed by atoms with Gasteiger partial charge in [-0.25, -0.2) is 17.6 Å². The third kappa shape index (κ3) is 8.40. The molecule has 220 valence electrons. The van der Waals surface area contributed by atoms with Crippen LogP contribution in [0.2, 0.25) is 0 Å². The molecule has 0 aliphatic carbocycles. The van der Waals surface area contributed by atoms with Crippen LogP contribution in [-0.4, -0.2) is 19.8 Å². The lowest BCUT2D eigenvalue weighted by Crippen LogP contribution is -2.27. The summed E-state index contributed by atoms with van der Waals surface area (Å²) in [5.74, 6) is -6.60. The Balaban J connectivity index is 1.70. The number of ether oxygens (including phenoxy) is 3. The van der Waals surface area contributed by atoms with Crippen molar-refractivity contribution in [2.24, 2.45) is 5.92 Å². The van der Waals surface area contributed by atoms with Gasteiger partial charge in [0.1, 0.15) is 17.2 Å².